The first-order valence-electron chi connectivity index (χ1n) is 9.09. The van der Waals surface area contributed by atoms with Crippen LogP contribution in [0.15, 0.2) is 77.9 Å². The molecule has 0 aliphatic heterocycles. The Kier molecular flexibility index (Phi) is 6.89. The molecule has 7 heteroatoms. The van der Waals surface area contributed by atoms with Crippen molar-refractivity contribution in [2.75, 3.05) is 6.61 Å². The zero-order valence-electron chi connectivity index (χ0n) is 16.2. The number of ether oxygens (including phenoxy) is 2. The Balaban J connectivity index is 1.47. The number of hydrogen-bond donors (Lipinski definition) is 1. The Labute approximate surface area is 173 Å². The molecule has 0 aliphatic rings. The van der Waals surface area contributed by atoms with E-state index in [1.165, 1.54) is 24.4 Å². The fourth-order valence-corrected chi connectivity index (χ4v) is 2.41. The third-order valence-corrected chi connectivity index (χ3v) is 3.98. The van der Waals surface area contributed by atoms with Crippen molar-refractivity contribution in [3.8, 4) is 11.5 Å². The van der Waals surface area contributed by atoms with E-state index in [2.05, 4.69) is 10.5 Å². The van der Waals surface area contributed by atoms with Crippen molar-refractivity contribution in [1.82, 2.24) is 5.43 Å². The molecule has 3 rings (SSSR count). The number of rotatable bonds is 7. The molecule has 0 atom stereocenters. The van der Waals surface area contributed by atoms with Gasteiger partial charge in [0.15, 0.2) is 6.61 Å². The molecule has 3 aromatic carbocycles. The minimum Gasteiger partial charge on any atom is -0.484 e. The molecule has 0 saturated carbocycles. The minimum atomic E-state index is -0.782. The van der Waals surface area contributed by atoms with Crippen LogP contribution in [0.3, 0.4) is 0 Å². The van der Waals surface area contributed by atoms with Gasteiger partial charge in [-0.2, -0.15) is 5.10 Å². The second-order valence-electron chi connectivity index (χ2n) is 6.33. The van der Waals surface area contributed by atoms with Crippen molar-refractivity contribution in [2.45, 2.75) is 6.92 Å². The maximum Gasteiger partial charge on any atom is 0.346 e. The quantitative estimate of drug-likeness (QED) is 0.280. The molecule has 3 aromatic rings. The molecule has 0 saturated heterocycles. The average Bonchev–Trinajstić information content (AvgIpc) is 2.75. The van der Waals surface area contributed by atoms with Crippen molar-refractivity contribution in [3.63, 3.8) is 0 Å². The molecule has 0 bridgehead atoms. The number of esters is 1. The highest BCUT2D eigenvalue weighted by Gasteiger charge is 2.13. The van der Waals surface area contributed by atoms with Crippen LogP contribution < -0.4 is 14.9 Å². The Hall–Kier alpha value is -4.00. The third kappa shape index (κ3) is 6.00. The van der Waals surface area contributed by atoms with E-state index < -0.39 is 17.7 Å². The molecular formula is C23H19FN2O4. The Morgan fingerprint density at radius 3 is 2.33 bits per heavy atom. The Morgan fingerprint density at radius 1 is 0.967 bits per heavy atom. The average molecular weight is 406 g/mol. The van der Waals surface area contributed by atoms with Gasteiger partial charge < -0.3 is 9.47 Å². The van der Waals surface area contributed by atoms with Gasteiger partial charge in [-0.15, -0.1) is 0 Å². The number of carbonyl (C=O) groups excluding carboxylic acids is 2. The van der Waals surface area contributed by atoms with Crippen LogP contribution >= 0.6 is 0 Å². The van der Waals surface area contributed by atoms with E-state index in [-0.39, 0.29) is 17.9 Å². The van der Waals surface area contributed by atoms with Gasteiger partial charge in [0, 0.05) is 0 Å². The number of amides is 1. The standard InChI is InChI=1S/C23H19FN2O4/c1-16-6-10-18(11-7-16)29-15-22(27)26-25-14-17-8-12-19(13-9-17)30-23(28)20-4-2-3-5-21(20)24/h2-14H,15H2,1H3,(H,26,27). The summed E-state index contributed by atoms with van der Waals surface area (Å²) in [5.41, 5.74) is 3.99. The molecule has 0 radical (unpaired) electrons. The van der Waals surface area contributed by atoms with Crippen LogP contribution in [0.2, 0.25) is 0 Å². The lowest BCUT2D eigenvalue weighted by Crippen LogP contribution is -2.24. The first-order valence-corrected chi connectivity index (χ1v) is 9.09. The number of carbonyl (C=O) groups is 2. The number of halogens is 1. The smallest absolute Gasteiger partial charge is 0.346 e. The van der Waals surface area contributed by atoms with Gasteiger partial charge >= 0.3 is 5.97 Å². The van der Waals surface area contributed by atoms with E-state index >= 15 is 0 Å². The fraction of sp³-hybridized carbons (Fsp3) is 0.0870. The molecule has 0 heterocycles. The normalized spacial score (nSPS) is 10.6. The molecule has 1 amide bonds. The van der Waals surface area contributed by atoms with Gasteiger partial charge in [-0.05, 0) is 61.0 Å². The molecule has 1 N–H and O–H groups in total. The van der Waals surface area contributed by atoms with E-state index in [1.807, 2.05) is 19.1 Å². The molecule has 0 aliphatic carbocycles. The summed E-state index contributed by atoms with van der Waals surface area (Å²) in [5.74, 6) is -0.970. The topological polar surface area (TPSA) is 77.0 Å². The summed E-state index contributed by atoms with van der Waals surface area (Å²) in [6, 6.07) is 19.3. The van der Waals surface area contributed by atoms with Gasteiger partial charge in [0.1, 0.15) is 17.3 Å². The monoisotopic (exact) mass is 406 g/mol. The maximum absolute atomic E-state index is 13.6. The lowest BCUT2D eigenvalue weighted by atomic mass is 10.2. The number of hydrogen-bond acceptors (Lipinski definition) is 5. The minimum absolute atomic E-state index is 0.140. The molecule has 6 nitrogen and oxygen atoms in total. The van der Waals surface area contributed by atoms with Crippen LogP contribution in [0.4, 0.5) is 4.39 Å². The van der Waals surface area contributed by atoms with E-state index in [1.54, 1.807) is 42.5 Å². The molecule has 0 unspecified atom stereocenters. The van der Waals surface area contributed by atoms with E-state index in [9.17, 15) is 14.0 Å². The van der Waals surface area contributed by atoms with Gasteiger partial charge in [-0.25, -0.2) is 14.6 Å². The van der Waals surface area contributed by atoms with Gasteiger partial charge in [0.05, 0.1) is 11.8 Å². The number of hydrazone groups is 1. The first-order chi connectivity index (χ1) is 14.5. The number of nitrogens with one attached hydrogen (secondary N) is 1. The summed E-state index contributed by atoms with van der Waals surface area (Å²) < 4.78 is 24.1. The van der Waals surface area contributed by atoms with Crippen molar-refractivity contribution >= 4 is 18.1 Å². The van der Waals surface area contributed by atoms with Gasteiger partial charge in [-0.1, -0.05) is 29.8 Å². The Morgan fingerprint density at radius 2 is 1.63 bits per heavy atom. The van der Waals surface area contributed by atoms with Crippen molar-refractivity contribution in [1.29, 1.82) is 0 Å². The molecule has 0 fully saturated rings. The van der Waals surface area contributed by atoms with Crippen molar-refractivity contribution in [2.24, 2.45) is 5.10 Å². The van der Waals surface area contributed by atoms with Crippen LogP contribution in [0.25, 0.3) is 0 Å². The van der Waals surface area contributed by atoms with Gasteiger partial charge in [0.2, 0.25) is 0 Å². The van der Waals surface area contributed by atoms with Crippen LogP contribution in [0, 0.1) is 12.7 Å². The van der Waals surface area contributed by atoms with Crippen LogP contribution in [0.5, 0.6) is 11.5 Å². The van der Waals surface area contributed by atoms with Crippen LogP contribution in [0.1, 0.15) is 21.5 Å². The number of aryl methyl sites for hydroxylation is 1. The zero-order chi connectivity index (χ0) is 21.3. The fourth-order valence-electron chi connectivity index (χ4n) is 2.41. The summed E-state index contributed by atoms with van der Waals surface area (Å²) in [6.45, 7) is 1.80. The molecule has 0 aromatic heterocycles. The summed E-state index contributed by atoms with van der Waals surface area (Å²) >= 11 is 0. The second kappa shape index (κ2) is 9.97. The molecule has 0 spiro atoms. The summed E-state index contributed by atoms with van der Waals surface area (Å²) in [7, 11) is 0. The summed E-state index contributed by atoms with van der Waals surface area (Å²) in [4.78, 5) is 23.8. The lowest BCUT2D eigenvalue weighted by molar-refractivity contribution is -0.123. The number of nitrogens with zero attached hydrogens (tertiary/aromatic N) is 1. The Bertz CT molecular complexity index is 1050. The zero-order valence-corrected chi connectivity index (χ0v) is 16.2. The van der Waals surface area contributed by atoms with E-state index in [0.717, 1.165) is 5.56 Å². The lowest BCUT2D eigenvalue weighted by Gasteiger charge is -2.06. The summed E-state index contributed by atoms with van der Waals surface area (Å²) in [5, 5.41) is 3.86. The first kappa shape index (κ1) is 20.7. The maximum atomic E-state index is 13.6. The SMILES string of the molecule is Cc1ccc(OCC(=O)NN=Cc2ccc(OC(=O)c3ccccc3F)cc2)cc1. The summed E-state index contributed by atoms with van der Waals surface area (Å²) in [6.07, 6.45) is 1.44. The number of benzene rings is 3. The van der Waals surface area contributed by atoms with Gasteiger partial charge in [0.25, 0.3) is 5.91 Å². The van der Waals surface area contributed by atoms with Crippen LogP contribution in [-0.2, 0) is 4.79 Å². The second-order valence-corrected chi connectivity index (χ2v) is 6.33. The van der Waals surface area contributed by atoms with Crippen molar-refractivity contribution in [3.05, 3.63) is 95.3 Å². The highest BCUT2D eigenvalue weighted by molar-refractivity contribution is 5.91. The van der Waals surface area contributed by atoms with E-state index in [4.69, 9.17) is 9.47 Å². The third-order valence-electron chi connectivity index (χ3n) is 3.98. The van der Waals surface area contributed by atoms with Crippen molar-refractivity contribution < 1.29 is 23.5 Å². The molecule has 30 heavy (non-hydrogen) atoms. The predicted molar refractivity (Wildman–Crippen MR) is 110 cm³/mol. The molecular weight excluding hydrogens is 387 g/mol. The highest BCUT2D eigenvalue weighted by atomic mass is 19.1. The highest BCUT2D eigenvalue weighted by Crippen LogP contribution is 2.15. The van der Waals surface area contributed by atoms with E-state index in [0.29, 0.717) is 11.3 Å². The van der Waals surface area contributed by atoms with Gasteiger partial charge in [-0.3, -0.25) is 4.79 Å². The largest absolute Gasteiger partial charge is 0.484 e. The van der Waals surface area contributed by atoms with Crippen LogP contribution in [-0.4, -0.2) is 24.7 Å². The predicted octanol–water partition coefficient (Wildman–Crippen LogP) is 3.88. The molecule has 152 valence electrons.